The van der Waals surface area contributed by atoms with Crippen molar-refractivity contribution >= 4 is 34.4 Å². The van der Waals surface area contributed by atoms with Crippen LogP contribution in [0.3, 0.4) is 0 Å². The van der Waals surface area contributed by atoms with Crippen LogP contribution in [-0.2, 0) is 20.6 Å². The molecule has 4 aromatic rings. The lowest BCUT2D eigenvalue weighted by Crippen LogP contribution is -2.47. The lowest BCUT2D eigenvalue weighted by Gasteiger charge is -2.36. The number of hydrogen-bond donors (Lipinski definition) is 0. The van der Waals surface area contributed by atoms with E-state index < -0.39 is 17.1 Å². The molecule has 0 aliphatic carbocycles. The number of methoxy groups -OCH3 is 1. The van der Waals surface area contributed by atoms with Gasteiger partial charge in [0.25, 0.3) is 5.56 Å². The number of halogens is 2. The summed E-state index contributed by atoms with van der Waals surface area (Å²) in [6.45, 7) is 2.63. The summed E-state index contributed by atoms with van der Waals surface area (Å²) in [6, 6.07) is 12.4. The van der Waals surface area contributed by atoms with Gasteiger partial charge in [0.05, 0.1) is 13.7 Å². The summed E-state index contributed by atoms with van der Waals surface area (Å²) in [5.41, 5.74) is 0.817. The molecule has 2 aromatic carbocycles. The van der Waals surface area contributed by atoms with Crippen LogP contribution in [0.2, 0.25) is 5.02 Å². The Hall–Kier alpha value is -3.79. The average molecular weight is 513 g/mol. The molecule has 0 radical (unpaired) electrons. The maximum absolute atomic E-state index is 14.8. The van der Waals surface area contributed by atoms with Gasteiger partial charge in [0, 0.05) is 62.6 Å². The summed E-state index contributed by atoms with van der Waals surface area (Å²) < 4.78 is 24.1. The van der Waals surface area contributed by atoms with Crippen LogP contribution in [-0.4, -0.2) is 52.0 Å². The summed E-state index contributed by atoms with van der Waals surface area (Å²) >= 11 is 6.33. The first-order valence-corrected chi connectivity index (χ1v) is 11.9. The smallest absolute Gasteiger partial charge is 0.332 e. The van der Waals surface area contributed by atoms with Crippen molar-refractivity contribution in [2.75, 3.05) is 43.1 Å². The topological polar surface area (TPSA) is 77.5 Å². The molecule has 1 aliphatic heterocycles. The molecule has 0 atom stereocenters. The summed E-state index contributed by atoms with van der Waals surface area (Å²) in [5.74, 6) is 0.808. The average Bonchev–Trinajstić information content (AvgIpc) is 3.28. The van der Waals surface area contributed by atoms with Gasteiger partial charge >= 0.3 is 5.69 Å². The number of aryl methyl sites for hydroxylation is 1. The molecular weight excluding hydrogens is 487 g/mol. The number of rotatable bonds is 5. The number of aromatic nitrogens is 4. The number of piperazine rings is 1. The molecule has 2 aromatic heterocycles. The van der Waals surface area contributed by atoms with E-state index in [9.17, 15) is 14.0 Å². The largest absolute Gasteiger partial charge is 0.497 e. The Morgan fingerprint density at radius 1 is 1.00 bits per heavy atom. The van der Waals surface area contributed by atoms with Gasteiger partial charge in [0.15, 0.2) is 11.2 Å². The molecule has 1 saturated heterocycles. The summed E-state index contributed by atoms with van der Waals surface area (Å²) in [7, 11) is 4.63. The van der Waals surface area contributed by atoms with Crippen LogP contribution < -0.4 is 25.8 Å². The summed E-state index contributed by atoms with van der Waals surface area (Å²) in [6.07, 6.45) is 0. The van der Waals surface area contributed by atoms with Gasteiger partial charge in [-0.3, -0.25) is 18.5 Å². The van der Waals surface area contributed by atoms with Crippen LogP contribution in [0.4, 0.5) is 16.0 Å². The van der Waals surface area contributed by atoms with Crippen molar-refractivity contribution in [1.29, 1.82) is 0 Å². The first-order valence-electron chi connectivity index (χ1n) is 11.5. The molecule has 0 amide bonds. The van der Waals surface area contributed by atoms with Crippen LogP contribution in [0.1, 0.15) is 5.56 Å². The van der Waals surface area contributed by atoms with E-state index in [1.807, 2.05) is 24.3 Å². The molecule has 0 bridgehead atoms. The Morgan fingerprint density at radius 3 is 2.39 bits per heavy atom. The number of imidazole rings is 1. The predicted octanol–water partition coefficient (Wildman–Crippen LogP) is 2.61. The number of anilines is 2. The monoisotopic (exact) mass is 512 g/mol. The van der Waals surface area contributed by atoms with Gasteiger partial charge in [-0.05, 0) is 24.3 Å². The Kier molecular flexibility index (Phi) is 6.21. The maximum Gasteiger partial charge on any atom is 0.332 e. The van der Waals surface area contributed by atoms with E-state index in [1.54, 1.807) is 24.8 Å². The van der Waals surface area contributed by atoms with Crippen molar-refractivity contribution in [3.63, 3.8) is 0 Å². The highest BCUT2D eigenvalue weighted by Gasteiger charge is 2.27. The number of benzene rings is 2. The molecule has 1 fully saturated rings. The maximum atomic E-state index is 14.8. The van der Waals surface area contributed by atoms with E-state index in [2.05, 4.69) is 9.80 Å². The van der Waals surface area contributed by atoms with Crippen molar-refractivity contribution in [3.8, 4) is 5.75 Å². The zero-order chi connectivity index (χ0) is 25.6. The minimum atomic E-state index is -0.491. The number of ether oxygens (including phenoxy) is 1. The highest BCUT2D eigenvalue weighted by molar-refractivity contribution is 6.31. The Bertz CT molecular complexity index is 1550. The van der Waals surface area contributed by atoms with Gasteiger partial charge in [0.1, 0.15) is 11.6 Å². The second-order valence-corrected chi connectivity index (χ2v) is 9.16. The SMILES string of the molecule is COc1cccc(N2CCN(c3nc4c(c(=O)n(C)c(=O)n4C)n3Cc3c(F)cccc3Cl)CC2)c1. The van der Waals surface area contributed by atoms with Gasteiger partial charge in [-0.1, -0.05) is 23.7 Å². The summed E-state index contributed by atoms with van der Waals surface area (Å²) in [5, 5.41) is 0.257. The first-order chi connectivity index (χ1) is 17.3. The van der Waals surface area contributed by atoms with E-state index in [1.165, 1.54) is 23.7 Å². The Labute approximate surface area is 211 Å². The highest BCUT2D eigenvalue weighted by Crippen LogP contribution is 2.28. The second-order valence-electron chi connectivity index (χ2n) is 8.75. The van der Waals surface area contributed by atoms with Gasteiger partial charge in [-0.2, -0.15) is 4.98 Å². The molecule has 9 nitrogen and oxygen atoms in total. The van der Waals surface area contributed by atoms with Crippen LogP contribution >= 0.6 is 11.6 Å². The molecular formula is C25H26ClFN6O3. The standard InChI is InChI=1S/C25H26ClFN6O3/c1-29-22-21(23(34)30(2)25(29)35)33(15-18-19(26)8-5-9-20(18)27)24(28-22)32-12-10-31(11-13-32)16-6-4-7-17(14-16)36-3/h4-9,14H,10-13,15H2,1-3H3. The fourth-order valence-corrected chi connectivity index (χ4v) is 4.86. The van der Waals surface area contributed by atoms with E-state index in [0.29, 0.717) is 32.1 Å². The van der Waals surface area contributed by atoms with Crippen molar-refractivity contribution in [2.45, 2.75) is 6.54 Å². The van der Waals surface area contributed by atoms with Crippen molar-refractivity contribution in [2.24, 2.45) is 14.1 Å². The third-order valence-corrected chi connectivity index (χ3v) is 7.04. The van der Waals surface area contributed by atoms with Gasteiger partial charge in [0.2, 0.25) is 5.95 Å². The normalized spacial score (nSPS) is 14.0. The number of hydrogen-bond acceptors (Lipinski definition) is 6. The minimum absolute atomic E-state index is 0.000875. The van der Waals surface area contributed by atoms with Crippen LogP contribution in [0.5, 0.6) is 5.75 Å². The van der Waals surface area contributed by atoms with E-state index >= 15 is 0 Å². The molecule has 0 unspecified atom stereocenters. The third-order valence-electron chi connectivity index (χ3n) is 6.69. The van der Waals surface area contributed by atoms with Gasteiger partial charge < -0.3 is 14.5 Å². The van der Waals surface area contributed by atoms with Gasteiger partial charge in [-0.15, -0.1) is 0 Å². The molecule has 11 heteroatoms. The third kappa shape index (κ3) is 4.01. The Morgan fingerprint density at radius 2 is 1.69 bits per heavy atom. The molecule has 0 saturated carbocycles. The fraction of sp³-hybridized carbons (Fsp3) is 0.320. The zero-order valence-electron chi connectivity index (χ0n) is 20.2. The van der Waals surface area contributed by atoms with Crippen molar-refractivity contribution in [3.05, 3.63) is 79.7 Å². The number of fused-ring (bicyclic) bond motifs is 1. The van der Waals surface area contributed by atoms with Crippen molar-refractivity contribution in [1.82, 2.24) is 18.7 Å². The van der Waals surface area contributed by atoms with Gasteiger partial charge in [-0.25, -0.2) is 9.18 Å². The molecule has 0 N–H and O–H groups in total. The lowest BCUT2D eigenvalue weighted by atomic mass is 10.2. The van der Waals surface area contributed by atoms with E-state index in [0.717, 1.165) is 16.0 Å². The zero-order valence-corrected chi connectivity index (χ0v) is 21.0. The second kappa shape index (κ2) is 9.34. The van der Waals surface area contributed by atoms with Crippen LogP contribution in [0, 0.1) is 5.82 Å². The molecule has 1 aliphatic rings. The number of nitrogens with zero attached hydrogens (tertiary/aromatic N) is 6. The minimum Gasteiger partial charge on any atom is -0.497 e. The molecule has 3 heterocycles. The predicted molar refractivity (Wildman–Crippen MR) is 138 cm³/mol. The highest BCUT2D eigenvalue weighted by atomic mass is 35.5. The lowest BCUT2D eigenvalue weighted by molar-refractivity contribution is 0.414. The summed E-state index contributed by atoms with van der Waals surface area (Å²) in [4.78, 5) is 34.8. The van der Waals surface area contributed by atoms with Crippen LogP contribution in [0.25, 0.3) is 11.2 Å². The molecule has 0 spiro atoms. The molecule has 5 rings (SSSR count). The molecule has 188 valence electrons. The van der Waals surface area contributed by atoms with Crippen molar-refractivity contribution < 1.29 is 9.13 Å². The quantitative estimate of drug-likeness (QED) is 0.409. The molecule has 36 heavy (non-hydrogen) atoms. The van der Waals surface area contributed by atoms with Crippen LogP contribution in [0.15, 0.2) is 52.1 Å². The Balaban J connectivity index is 1.57. The fourth-order valence-electron chi connectivity index (χ4n) is 4.64. The first kappa shape index (κ1) is 23.9. The van der Waals surface area contributed by atoms with E-state index in [4.69, 9.17) is 21.3 Å². The van der Waals surface area contributed by atoms with E-state index in [-0.39, 0.29) is 28.3 Å².